The van der Waals surface area contributed by atoms with Crippen molar-refractivity contribution in [2.45, 2.75) is 44.9 Å². The van der Waals surface area contributed by atoms with Gasteiger partial charge in [0.1, 0.15) is 11.2 Å². The number of hydrogen-bond acceptors (Lipinski definition) is 4. The number of benzene rings is 12. The van der Waals surface area contributed by atoms with Crippen LogP contribution in [0.4, 0.5) is 34.1 Å². The maximum atomic E-state index is 7.21. The Morgan fingerprint density at radius 3 is 1.05 bits per heavy atom. The van der Waals surface area contributed by atoms with Crippen molar-refractivity contribution in [2.75, 3.05) is 9.80 Å². The van der Waals surface area contributed by atoms with Crippen molar-refractivity contribution in [2.24, 2.45) is 0 Å². The summed E-state index contributed by atoms with van der Waals surface area (Å²) in [7, 11) is 0. The lowest BCUT2D eigenvalue weighted by Gasteiger charge is -2.34. The van der Waals surface area contributed by atoms with Gasteiger partial charge in [-0.15, -0.1) is 0 Å². The third kappa shape index (κ3) is 6.31. The van der Waals surface area contributed by atoms with E-state index in [-0.39, 0.29) is 0 Å². The molecule has 2 aliphatic carbocycles. The van der Waals surface area contributed by atoms with Gasteiger partial charge < -0.3 is 18.6 Å². The van der Waals surface area contributed by atoms with Gasteiger partial charge in [0, 0.05) is 43.7 Å². The van der Waals surface area contributed by atoms with Crippen molar-refractivity contribution in [3.05, 3.63) is 276 Å². The highest BCUT2D eigenvalue weighted by Crippen LogP contribution is 2.67. The van der Waals surface area contributed by atoms with Crippen molar-refractivity contribution in [3.63, 3.8) is 0 Å². The van der Waals surface area contributed by atoms with Crippen LogP contribution in [0.1, 0.15) is 72.9 Å². The second-order valence-electron chi connectivity index (χ2n) is 22.2. The maximum Gasteiger partial charge on any atom is 0.159 e. The first-order chi connectivity index (χ1) is 38.9. The maximum absolute atomic E-state index is 7.21. The summed E-state index contributed by atoms with van der Waals surface area (Å²) in [6.07, 6.45) is 0. The van der Waals surface area contributed by atoms with Gasteiger partial charge in [0.15, 0.2) is 11.2 Å². The molecule has 4 nitrogen and oxygen atoms in total. The molecule has 2 aromatic heterocycles. The molecular weight excluding hydrogens is 961 g/mol. The molecule has 0 N–H and O–H groups in total. The summed E-state index contributed by atoms with van der Waals surface area (Å²) in [5.41, 5.74) is 21.6. The summed E-state index contributed by atoms with van der Waals surface area (Å²) in [4.78, 5) is 4.93. The number of rotatable bonds is 8. The van der Waals surface area contributed by atoms with E-state index in [2.05, 4.69) is 280 Å². The van der Waals surface area contributed by atoms with Crippen LogP contribution in [0.2, 0.25) is 0 Å². The Kier molecular flexibility index (Phi) is 9.91. The lowest BCUT2D eigenvalue weighted by Crippen LogP contribution is -2.26. The van der Waals surface area contributed by atoms with E-state index in [9.17, 15) is 0 Å². The van der Waals surface area contributed by atoms with Gasteiger partial charge in [-0.2, -0.15) is 0 Å². The second kappa shape index (κ2) is 17.2. The average Bonchev–Trinajstić information content (AvgIpc) is 4.43. The zero-order chi connectivity index (χ0) is 52.7. The van der Waals surface area contributed by atoms with Gasteiger partial charge in [-0.25, -0.2) is 0 Å². The van der Waals surface area contributed by atoms with E-state index in [4.69, 9.17) is 8.83 Å². The molecule has 0 saturated carbocycles. The van der Waals surface area contributed by atoms with Crippen LogP contribution >= 0.6 is 0 Å². The van der Waals surface area contributed by atoms with E-state index in [1.165, 1.54) is 66.4 Å². The molecule has 0 saturated heterocycles. The van der Waals surface area contributed by atoms with E-state index in [1.54, 1.807) is 0 Å². The fourth-order valence-corrected chi connectivity index (χ4v) is 14.1. The smallest absolute Gasteiger partial charge is 0.159 e. The van der Waals surface area contributed by atoms with E-state index in [0.717, 1.165) is 88.8 Å². The largest absolute Gasteiger partial charge is 0.454 e. The van der Waals surface area contributed by atoms with Crippen LogP contribution in [0.5, 0.6) is 0 Å². The molecule has 376 valence electrons. The fourth-order valence-electron chi connectivity index (χ4n) is 14.1. The van der Waals surface area contributed by atoms with Crippen molar-refractivity contribution in [1.29, 1.82) is 0 Å². The Morgan fingerprint density at radius 1 is 0.291 bits per heavy atom. The monoisotopic (exact) mass is 1010 g/mol. The van der Waals surface area contributed by atoms with Crippen LogP contribution in [0.15, 0.2) is 251 Å². The zero-order valence-corrected chi connectivity index (χ0v) is 44.5. The van der Waals surface area contributed by atoms with Crippen LogP contribution < -0.4 is 9.80 Å². The van der Waals surface area contributed by atoms with Crippen molar-refractivity contribution in [1.82, 2.24) is 0 Å². The lowest BCUT2D eigenvalue weighted by molar-refractivity contribution is 0.657. The SMILES string of the molecule is CC(C)c1cccc2c1oc1c(N(c3ccccc3)c3cc4c(c5ccccc35)-c3c(cc(N(c5ccccc5)c5cccc6c5oc5c(C(C)C)cccc56)c5ccccc35)C43c4ccccc4-c4ccccc43)cccc12. The Labute approximate surface area is 459 Å². The number of hydrogen-bond donors (Lipinski definition) is 0. The summed E-state index contributed by atoms with van der Waals surface area (Å²) in [6, 6.07) is 89.9. The van der Waals surface area contributed by atoms with E-state index < -0.39 is 5.41 Å². The molecule has 79 heavy (non-hydrogen) atoms. The van der Waals surface area contributed by atoms with Crippen LogP contribution in [-0.4, -0.2) is 0 Å². The number of fused-ring (bicyclic) bond motifs is 20. The molecule has 4 heteroatoms. The van der Waals surface area contributed by atoms with Crippen molar-refractivity contribution in [3.8, 4) is 22.3 Å². The highest BCUT2D eigenvalue weighted by atomic mass is 16.3. The summed E-state index contributed by atoms with van der Waals surface area (Å²) in [5, 5.41) is 9.16. The molecule has 0 aliphatic heterocycles. The van der Waals surface area contributed by atoms with Crippen LogP contribution in [0.3, 0.4) is 0 Å². The first-order valence-electron chi connectivity index (χ1n) is 27.8. The van der Waals surface area contributed by atoms with Gasteiger partial charge in [-0.1, -0.05) is 222 Å². The zero-order valence-electron chi connectivity index (χ0n) is 44.5. The summed E-state index contributed by atoms with van der Waals surface area (Å²) in [6.45, 7) is 8.99. The van der Waals surface area contributed by atoms with Gasteiger partial charge in [-0.3, -0.25) is 0 Å². The number of para-hydroxylation sites is 6. The van der Waals surface area contributed by atoms with Gasteiger partial charge in [0.05, 0.1) is 28.2 Å². The molecule has 0 radical (unpaired) electrons. The molecule has 0 amide bonds. The molecule has 12 aromatic carbocycles. The highest BCUT2D eigenvalue weighted by Gasteiger charge is 2.53. The third-order valence-corrected chi connectivity index (χ3v) is 17.4. The number of anilines is 6. The molecule has 0 unspecified atom stereocenters. The summed E-state index contributed by atoms with van der Waals surface area (Å²) >= 11 is 0. The predicted molar refractivity (Wildman–Crippen MR) is 330 cm³/mol. The molecule has 14 aromatic rings. The highest BCUT2D eigenvalue weighted by molar-refractivity contribution is 6.21. The molecular formula is C75H54N2O2. The van der Waals surface area contributed by atoms with Gasteiger partial charge in [0.25, 0.3) is 0 Å². The third-order valence-electron chi connectivity index (χ3n) is 17.4. The van der Waals surface area contributed by atoms with Crippen molar-refractivity contribution < 1.29 is 8.83 Å². The first-order valence-corrected chi connectivity index (χ1v) is 27.8. The minimum absolute atomic E-state index is 0.293. The van der Waals surface area contributed by atoms with Crippen molar-refractivity contribution >= 4 is 99.5 Å². The lowest BCUT2D eigenvalue weighted by atomic mass is 9.70. The second-order valence-corrected chi connectivity index (χ2v) is 22.2. The number of nitrogens with zero attached hydrogens (tertiary/aromatic N) is 2. The standard InChI is InChI=1S/C75H54N2O2/c1-45(2)49-33-19-35-57-59-37-21-41-65(73(59)78-71(49)57)76(47-23-7-5-8-24-47)67-43-63-69(55-31-13-11-29-53(55)67)70-56-32-14-12-30-54(56)68(44-64(70)75(63)61-39-17-15-27-51(61)52-28-16-18-40-62(52)75)77(48-25-9-6-10-26-48)66-42-22-38-60-58-36-20-34-50(46(3)4)72(58)79-74(60)66/h5-46H,1-4H3. The minimum atomic E-state index is -0.741. The van der Waals surface area contributed by atoms with Crippen LogP contribution in [0.25, 0.3) is 87.7 Å². The topological polar surface area (TPSA) is 32.8 Å². The first kappa shape index (κ1) is 45.5. The molecule has 0 fully saturated rings. The van der Waals surface area contributed by atoms with E-state index in [0.29, 0.717) is 11.8 Å². The summed E-state index contributed by atoms with van der Waals surface area (Å²) < 4.78 is 14.4. The van der Waals surface area contributed by atoms with Gasteiger partial charge in [-0.05, 0) is 127 Å². The molecule has 2 heterocycles. The Balaban J connectivity index is 1.05. The van der Waals surface area contributed by atoms with Crippen LogP contribution in [-0.2, 0) is 5.41 Å². The molecule has 1 spiro atoms. The van der Waals surface area contributed by atoms with Gasteiger partial charge >= 0.3 is 0 Å². The predicted octanol–water partition coefficient (Wildman–Crippen LogP) is 21.3. The fraction of sp³-hybridized carbons (Fsp3) is 0.0933. The van der Waals surface area contributed by atoms with Gasteiger partial charge in [0.2, 0.25) is 0 Å². The molecule has 16 rings (SSSR count). The Morgan fingerprint density at radius 2 is 0.633 bits per heavy atom. The minimum Gasteiger partial charge on any atom is -0.454 e. The summed E-state index contributed by atoms with van der Waals surface area (Å²) in [5.74, 6) is 0.587. The Hall–Kier alpha value is -9.64. The molecule has 2 aliphatic rings. The molecule has 0 bridgehead atoms. The number of furan rings is 2. The quantitative estimate of drug-likeness (QED) is 0.152. The Bertz CT molecular complexity index is 4500. The average molecular weight is 1020 g/mol. The normalized spacial score (nSPS) is 13.1. The molecule has 0 atom stereocenters. The van der Waals surface area contributed by atoms with Crippen LogP contribution in [0, 0.1) is 0 Å². The van der Waals surface area contributed by atoms with E-state index >= 15 is 0 Å². The van der Waals surface area contributed by atoms with E-state index in [1.807, 2.05) is 0 Å².